The Hall–Kier alpha value is -1.69. The maximum atomic E-state index is 8.79. The molecule has 0 radical (unpaired) electrons. The lowest BCUT2D eigenvalue weighted by Gasteiger charge is -2.12. The Morgan fingerprint density at radius 2 is 2.32 bits per heavy atom. The fraction of sp³-hybridized carbons (Fsp3) is 0.467. The molecule has 1 aliphatic carbocycles. The van der Waals surface area contributed by atoms with Crippen LogP contribution in [-0.2, 0) is 0 Å². The third-order valence-electron chi connectivity index (χ3n) is 4.55. The number of fused-ring (bicyclic) bond motifs is 3. The van der Waals surface area contributed by atoms with Gasteiger partial charge in [0.1, 0.15) is 5.82 Å². The highest BCUT2D eigenvalue weighted by molar-refractivity contribution is 14.1. The highest BCUT2D eigenvalue weighted by Crippen LogP contribution is 2.44. The molecule has 3 aromatic rings. The number of alkyl halides is 1. The van der Waals surface area contributed by atoms with E-state index in [-0.39, 0.29) is 0 Å². The minimum Gasteiger partial charge on any atom is -0.345 e. The number of nitriles is 1. The van der Waals surface area contributed by atoms with E-state index in [4.69, 9.17) is 5.26 Å². The molecular weight excluding hydrogens is 391 g/mol. The molecule has 0 unspecified atom stereocenters. The second-order valence-electron chi connectivity index (χ2n) is 5.88. The number of aromatic nitrogens is 5. The van der Waals surface area contributed by atoms with Crippen LogP contribution in [0.1, 0.15) is 37.4 Å². The van der Waals surface area contributed by atoms with Gasteiger partial charge in [-0.15, -0.1) is 10.2 Å². The maximum absolute atomic E-state index is 8.79. The molecule has 0 bridgehead atoms. The Morgan fingerprint density at radius 1 is 1.41 bits per heavy atom. The lowest BCUT2D eigenvalue weighted by atomic mass is 10.00. The monoisotopic (exact) mass is 406 g/mol. The number of H-pyrrole nitrogens is 1. The molecule has 22 heavy (non-hydrogen) atoms. The summed E-state index contributed by atoms with van der Waals surface area (Å²) in [6.45, 7) is 0. The van der Waals surface area contributed by atoms with Gasteiger partial charge in [-0.3, -0.25) is 4.40 Å². The first-order valence-corrected chi connectivity index (χ1v) is 8.70. The highest BCUT2D eigenvalue weighted by Gasteiger charge is 2.36. The molecule has 0 aromatic carbocycles. The van der Waals surface area contributed by atoms with Crippen molar-refractivity contribution < 1.29 is 0 Å². The van der Waals surface area contributed by atoms with Gasteiger partial charge in [0.2, 0.25) is 0 Å². The van der Waals surface area contributed by atoms with Crippen molar-refractivity contribution in [3.05, 3.63) is 24.3 Å². The van der Waals surface area contributed by atoms with Crippen LogP contribution >= 0.6 is 22.6 Å². The summed E-state index contributed by atoms with van der Waals surface area (Å²) >= 11 is 2.53. The van der Waals surface area contributed by atoms with Crippen molar-refractivity contribution in [1.82, 2.24) is 24.6 Å². The molecule has 1 saturated carbocycles. The zero-order valence-electron chi connectivity index (χ0n) is 11.9. The molecule has 4 rings (SSSR count). The zero-order chi connectivity index (χ0) is 15.1. The van der Waals surface area contributed by atoms with E-state index in [0.29, 0.717) is 22.2 Å². The average Bonchev–Trinajstić information content (AvgIpc) is 3.21. The smallest absolute Gasteiger partial charge is 0.179 e. The second-order valence-corrected chi connectivity index (χ2v) is 7.48. The summed E-state index contributed by atoms with van der Waals surface area (Å²) in [6.07, 6.45) is 7.54. The van der Waals surface area contributed by atoms with E-state index in [9.17, 15) is 0 Å². The number of nitrogens with zero attached hydrogens (tertiary/aromatic N) is 5. The Morgan fingerprint density at radius 3 is 3.18 bits per heavy atom. The number of hydrogen-bond acceptors (Lipinski definition) is 4. The van der Waals surface area contributed by atoms with Gasteiger partial charge in [-0.2, -0.15) is 5.26 Å². The molecule has 1 aliphatic rings. The van der Waals surface area contributed by atoms with Crippen molar-refractivity contribution in [2.45, 2.75) is 35.5 Å². The van der Waals surface area contributed by atoms with E-state index < -0.39 is 0 Å². The van der Waals surface area contributed by atoms with Gasteiger partial charge in [-0.1, -0.05) is 22.6 Å². The summed E-state index contributed by atoms with van der Waals surface area (Å²) in [5, 5.41) is 17.5. The normalized spacial score (nSPS) is 25.0. The summed E-state index contributed by atoms with van der Waals surface area (Å²) in [5.41, 5.74) is 2.69. The molecule has 0 saturated heterocycles. The van der Waals surface area contributed by atoms with Crippen LogP contribution in [0.3, 0.4) is 0 Å². The van der Waals surface area contributed by atoms with Crippen LogP contribution in [0.25, 0.3) is 16.8 Å². The van der Waals surface area contributed by atoms with Crippen LogP contribution in [0, 0.1) is 17.2 Å². The van der Waals surface area contributed by atoms with Gasteiger partial charge >= 0.3 is 0 Å². The molecular formula is C15H15IN6. The number of halogens is 1. The van der Waals surface area contributed by atoms with Crippen LogP contribution in [-0.4, -0.2) is 28.5 Å². The van der Waals surface area contributed by atoms with Crippen LogP contribution in [0.4, 0.5) is 0 Å². The third kappa shape index (κ3) is 2.17. The number of aromatic amines is 1. The van der Waals surface area contributed by atoms with Crippen LogP contribution in [0.5, 0.6) is 0 Å². The van der Waals surface area contributed by atoms with E-state index in [1.807, 2.05) is 12.3 Å². The Kier molecular flexibility index (Phi) is 3.48. The van der Waals surface area contributed by atoms with Gasteiger partial charge in [0.05, 0.1) is 17.8 Å². The molecule has 0 spiro atoms. The van der Waals surface area contributed by atoms with Crippen molar-refractivity contribution in [1.29, 1.82) is 5.26 Å². The van der Waals surface area contributed by atoms with E-state index in [0.717, 1.165) is 41.9 Å². The standard InChI is InChI=1S/C15H15IN6/c16-11-7-9(2-1-4-17)6-10(11)15-21-20-13-8-19-14-12(22(13)15)3-5-18-14/h3,5,8-11,18H,1-2,6-7H2/t9-,10+,11-/m1/s1. The molecule has 112 valence electrons. The Bertz CT molecular complexity index is 860. The molecule has 3 aromatic heterocycles. The van der Waals surface area contributed by atoms with E-state index in [2.05, 4.69) is 53.2 Å². The largest absolute Gasteiger partial charge is 0.345 e. The maximum Gasteiger partial charge on any atom is 0.179 e. The Labute approximate surface area is 141 Å². The average molecular weight is 406 g/mol. The molecule has 6 nitrogen and oxygen atoms in total. The first-order valence-electron chi connectivity index (χ1n) is 7.46. The predicted molar refractivity (Wildman–Crippen MR) is 90.8 cm³/mol. The van der Waals surface area contributed by atoms with Crippen LogP contribution in [0.15, 0.2) is 18.5 Å². The van der Waals surface area contributed by atoms with Crippen molar-refractivity contribution in [3.8, 4) is 6.07 Å². The summed E-state index contributed by atoms with van der Waals surface area (Å²) in [6, 6.07) is 4.28. The number of hydrogen-bond donors (Lipinski definition) is 1. The van der Waals surface area contributed by atoms with Crippen LogP contribution in [0.2, 0.25) is 0 Å². The molecule has 0 aliphatic heterocycles. The molecule has 3 heterocycles. The summed E-state index contributed by atoms with van der Waals surface area (Å²) in [4.78, 5) is 7.51. The topological polar surface area (TPSA) is 82.7 Å². The summed E-state index contributed by atoms with van der Waals surface area (Å²) in [5.74, 6) is 2.03. The first kappa shape index (κ1) is 13.9. The van der Waals surface area contributed by atoms with Gasteiger partial charge in [-0.25, -0.2) is 4.98 Å². The van der Waals surface area contributed by atoms with Crippen molar-refractivity contribution in [2.75, 3.05) is 0 Å². The molecule has 1 fully saturated rings. The van der Waals surface area contributed by atoms with E-state index in [1.54, 1.807) is 6.20 Å². The minimum atomic E-state index is 0.389. The fourth-order valence-electron chi connectivity index (χ4n) is 3.50. The first-order chi connectivity index (χ1) is 10.8. The lowest BCUT2D eigenvalue weighted by Crippen LogP contribution is -2.09. The van der Waals surface area contributed by atoms with Crippen LogP contribution < -0.4 is 0 Å². The molecule has 1 N–H and O–H groups in total. The quantitative estimate of drug-likeness (QED) is 0.535. The molecule has 7 heteroatoms. The Balaban J connectivity index is 1.75. The fourth-order valence-corrected chi connectivity index (χ4v) is 4.83. The van der Waals surface area contributed by atoms with E-state index >= 15 is 0 Å². The van der Waals surface area contributed by atoms with E-state index in [1.165, 1.54) is 0 Å². The van der Waals surface area contributed by atoms with Crippen molar-refractivity contribution >= 4 is 39.4 Å². The summed E-state index contributed by atoms with van der Waals surface area (Å²) in [7, 11) is 0. The highest BCUT2D eigenvalue weighted by atomic mass is 127. The molecule has 3 atom stereocenters. The van der Waals surface area contributed by atoms with Crippen molar-refractivity contribution in [3.63, 3.8) is 0 Å². The third-order valence-corrected chi connectivity index (χ3v) is 5.92. The minimum absolute atomic E-state index is 0.389. The van der Waals surface area contributed by atoms with Gasteiger partial charge in [-0.05, 0) is 31.2 Å². The molecule has 0 amide bonds. The zero-order valence-corrected chi connectivity index (χ0v) is 14.1. The summed E-state index contributed by atoms with van der Waals surface area (Å²) < 4.78 is 2.66. The SMILES string of the molecule is N#CCC[C@H]1C[C@@H](I)[C@@H](c2nnc3cnc4[nH]ccc4n23)C1. The lowest BCUT2D eigenvalue weighted by molar-refractivity contribution is 0.499. The van der Waals surface area contributed by atoms with Crippen molar-refractivity contribution in [2.24, 2.45) is 5.92 Å². The van der Waals surface area contributed by atoms with Gasteiger partial charge in [0.15, 0.2) is 11.3 Å². The number of nitrogens with one attached hydrogen (secondary N) is 1. The predicted octanol–water partition coefficient (Wildman–Crippen LogP) is 3.21. The van der Waals surface area contributed by atoms with Gasteiger partial charge in [0, 0.05) is 22.5 Å². The van der Waals surface area contributed by atoms with Gasteiger partial charge < -0.3 is 4.98 Å². The number of rotatable bonds is 3. The van der Waals surface area contributed by atoms with Gasteiger partial charge in [0.25, 0.3) is 0 Å². The second kappa shape index (κ2) is 5.50.